The van der Waals surface area contributed by atoms with E-state index in [9.17, 15) is 0 Å². The normalized spacial score (nSPS) is 12.6. The van der Waals surface area contributed by atoms with Crippen LogP contribution in [0.15, 0.2) is 115 Å². The van der Waals surface area contributed by atoms with Crippen molar-refractivity contribution < 1.29 is 4.74 Å². The second-order valence-corrected chi connectivity index (χ2v) is 18.9. The SMILES string of the molecule is CCCCCCCCOCc1ccccc1CP(Br)(c1ccccc1)(c1ccccc1)c1ccccc1. The summed E-state index contributed by atoms with van der Waals surface area (Å²) in [6.45, 7) is 3.75. The number of hydrogen-bond donors (Lipinski definition) is 0. The maximum absolute atomic E-state index is 6.23. The van der Waals surface area contributed by atoms with Crippen molar-refractivity contribution in [2.75, 3.05) is 6.61 Å². The number of hydrogen-bond acceptors (Lipinski definition) is 1. The molecule has 1 nitrogen and oxygen atoms in total. The predicted molar refractivity (Wildman–Crippen MR) is 167 cm³/mol. The van der Waals surface area contributed by atoms with E-state index in [0.29, 0.717) is 6.61 Å². The van der Waals surface area contributed by atoms with Gasteiger partial charge in [-0.25, -0.2) is 0 Å². The molecule has 4 rings (SSSR count). The third-order valence-electron chi connectivity index (χ3n) is 7.37. The van der Waals surface area contributed by atoms with Crippen molar-refractivity contribution in [3.63, 3.8) is 0 Å². The van der Waals surface area contributed by atoms with Crippen LogP contribution in [0.2, 0.25) is 0 Å². The molecule has 4 aromatic rings. The third kappa shape index (κ3) is 6.43. The van der Waals surface area contributed by atoms with E-state index in [1.807, 2.05) is 0 Å². The van der Waals surface area contributed by atoms with Crippen LogP contribution in [0.1, 0.15) is 56.6 Å². The van der Waals surface area contributed by atoms with Gasteiger partial charge in [-0.15, -0.1) is 0 Å². The molecular weight excluding hydrogens is 535 g/mol. The van der Waals surface area contributed by atoms with Crippen LogP contribution in [0.5, 0.6) is 0 Å². The van der Waals surface area contributed by atoms with E-state index in [-0.39, 0.29) is 0 Å². The van der Waals surface area contributed by atoms with Crippen molar-refractivity contribution in [1.82, 2.24) is 0 Å². The summed E-state index contributed by atoms with van der Waals surface area (Å²) in [7, 11) is 0. The zero-order valence-electron chi connectivity index (χ0n) is 22.1. The van der Waals surface area contributed by atoms with Gasteiger partial charge in [0.05, 0.1) is 0 Å². The Hall–Kier alpha value is -2.25. The molecule has 0 saturated carbocycles. The molecule has 0 radical (unpaired) electrons. The number of halogens is 1. The van der Waals surface area contributed by atoms with Gasteiger partial charge in [0.15, 0.2) is 0 Å². The van der Waals surface area contributed by atoms with Crippen molar-refractivity contribution in [3.8, 4) is 0 Å². The average molecular weight is 576 g/mol. The zero-order valence-corrected chi connectivity index (χ0v) is 24.5. The standard InChI is InChI=1S/C34H40BrOP/c1-2-3-4-5-6-18-27-36-28-30-19-16-17-20-31(30)29-37(35,32-21-10-7-11-22-32,33-23-12-8-13-24-33)34-25-14-9-15-26-34/h7-17,19-26H,2-6,18,27-29H2,1H3. The first-order valence-corrected chi connectivity index (χ1v) is 18.1. The van der Waals surface area contributed by atoms with E-state index in [1.165, 1.54) is 59.1 Å². The van der Waals surface area contributed by atoms with Gasteiger partial charge < -0.3 is 0 Å². The molecule has 0 bridgehead atoms. The molecule has 0 atom stereocenters. The van der Waals surface area contributed by atoms with Gasteiger partial charge in [0, 0.05) is 0 Å². The first-order chi connectivity index (χ1) is 18.2. The molecule has 37 heavy (non-hydrogen) atoms. The van der Waals surface area contributed by atoms with Crippen LogP contribution in [0.25, 0.3) is 0 Å². The maximum atomic E-state index is 6.23. The average Bonchev–Trinajstić information content (AvgIpc) is 2.97. The van der Waals surface area contributed by atoms with Crippen LogP contribution in [-0.4, -0.2) is 6.61 Å². The fraction of sp³-hybridized carbons (Fsp3) is 0.294. The molecule has 0 aliphatic carbocycles. The fourth-order valence-corrected chi connectivity index (χ4v) is 13.0. The molecule has 3 heteroatoms. The summed E-state index contributed by atoms with van der Waals surface area (Å²) >= 11 is 4.60. The molecule has 0 saturated heterocycles. The van der Waals surface area contributed by atoms with Crippen molar-refractivity contribution in [2.24, 2.45) is 0 Å². The summed E-state index contributed by atoms with van der Waals surface area (Å²) in [6.07, 6.45) is 8.59. The van der Waals surface area contributed by atoms with Gasteiger partial charge in [-0.2, -0.15) is 0 Å². The Kier molecular flexibility index (Phi) is 10.1. The second-order valence-electron chi connectivity index (χ2n) is 9.94. The van der Waals surface area contributed by atoms with Crippen LogP contribution in [0, 0.1) is 0 Å². The number of ether oxygens (including phenoxy) is 1. The first-order valence-electron chi connectivity index (χ1n) is 13.7. The van der Waals surface area contributed by atoms with Gasteiger partial charge in [-0.3, -0.25) is 0 Å². The second kappa shape index (κ2) is 13.5. The molecule has 0 aromatic heterocycles. The van der Waals surface area contributed by atoms with Crippen molar-refractivity contribution >= 4 is 36.7 Å². The summed E-state index contributed by atoms with van der Waals surface area (Å²) in [6, 6.07) is 41.9. The Labute approximate surface area is 232 Å². The molecule has 0 heterocycles. The van der Waals surface area contributed by atoms with E-state index >= 15 is 0 Å². The van der Waals surface area contributed by atoms with Crippen LogP contribution >= 0.6 is 20.8 Å². The van der Waals surface area contributed by atoms with Crippen LogP contribution in [0.3, 0.4) is 0 Å². The molecule has 194 valence electrons. The predicted octanol–water partition coefficient (Wildman–Crippen LogP) is 8.90. The quantitative estimate of drug-likeness (QED) is 0.108. The minimum atomic E-state index is -3.03. The van der Waals surface area contributed by atoms with Gasteiger partial charge in [-0.05, 0) is 0 Å². The number of benzene rings is 4. The number of unbranched alkanes of at least 4 members (excludes halogenated alkanes) is 5. The Bertz CT molecular complexity index is 1110. The summed E-state index contributed by atoms with van der Waals surface area (Å²) < 4.78 is 6.23. The monoisotopic (exact) mass is 574 g/mol. The molecule has 4 aromatic carbocycles. The van der Waals surface area contributed by atoms with E-state index in [0.717, 1.165) is 19.2 Å². The van der Waals surface area contributed by atoms with Crippen molar-refractivity contribution in [3.05, 3.63) is 126 Å². The van der Waals surface area contributed by atoms with Gasteiger partial charge in [-0.1, -0.05) is 6.92 Å². The fourth-order valence-electron chi connectivity index (χ4n) is 5.28. The third-order valence-corrected chi connectivity index (χ3v) is 16.9. The summed E-state index contributed by atoms with van der Waals surface area (Å²) in [5, 5.41) is 0.990. The molecule has 0 amide bonds. The van der Waals surface area contributed by atoms with Crippen LogP contribution < -0.4 is 15.9 Å². The van der Waals surface area contributed by atoms with Gasteiger partial charge in [0.25, 0.3) is 0 Å². The Morgan fingerprint density at radius 3 is 1.49 bits per heavy atom. The Balaban J connectivity index is 1.69. The molecule has 0 fully saturated rings. The van der Waals surface area contributed by atoms with E-state index in [4.69, 9.17) is 4.74 Å². The molecule has 0 aliphatic rings. The van der Waals surface area contributed by atoms with Gasteiger partial charge in [0.2, 0.25) is 0 Å². The van der Waals surface area contributed by atoms with E-state index in [2.05, 4.69) is 138 Å². The number of rotatable bonds is 14. The van der Waals surface area contributed by atoms with Gasteiger partial charge >= 0.3 is 226 Å². The topological polar surface area (TPSA) is 9.23 Å². The molecule has 0 spiro atoms. The van der Waals surface area contributed by atoms with Crippen LogP contribution in [-0.2, 0) is 17.5 Å². The summed E-state index contributed by atoms with van der Waals surface area (Å²) in [4.78, 5) is 0. The minimum absolute atomic E-state index is 0.656. The van der Waals surface area contributed by atoms with Crippen molar-refractivity contribution in [1.29, 1.82) is 0 Å². The van der Waals surface area contributed by atoms with Gasteiger partial charge in [0.1, 0.15) is 0 Å². The Morgan fingerprint density at radius 2 is 0.973 bits per heavy atom. The summed E-state index contributed by atoms with van der Waals surface area (Å²) in [5.74, 6) is 0. The molecular formula is C34H40BrOP. The molecule has 0 aliphatic heterocycles. The van der Waals surface area contributed by atoms with E-state index < -0.39 is 5.31 Å². The summed E-state index contributed by atoms with van der Waals surface area (Å²) in [5.41, 5.74) is 2.63. The molecule has 0 N–H and O–H groups in total. The Morgan fingerprint density at radius 1 is 0.541 bits per heavy atom. The first kappa shape index (κ1) is 27.8. The van der Waals surface area contributed by atoms with Crippen LogP contribution in [0.4, 0.5) is 0 Å². The van der Waals surface area contributed by atoms with E-state index in [1.54, 1.807) is 0 Å². The van der Waals surface area contributed by atoms with Crippen molar-refractivity contribution in [2.45, 2.75) is 58.2 Å². The zero-order chi connectivity index (χ0) is 25.8. The molecule has 0 unspecified atom stereocenters.